The lowest BCUT2D eigenvalue weighted by molar-refractivity contribution is -0.130. The molecule has 26 heavy (non-hydrogen) atoms. The van der Waals surface area contributed by atoms with Crippen LogP contribution in [0.5, 0.6) is 0 Å². The maximum atomic E-state index is 12.3. The van der Waals surface area contributed by atoms with Crippen molar-refractivity contribution in [2.45, 2.75) is 76.6 Å². The number of nitriles is 1. The van der Waals surface area contributed by atoms with Gasteiger partial charge in [-0.05, 0) is 64.2 Å². The normalized spacial score (nSPS) is 33.2. The Kier molecular flexibility index (Phi) is 6.02. The fraction of sp³-hybridized carbons (Fsp3) is 0.842. The van der Waals surface area contributed by atoms with Crippen molar-refractivity contribution in [3.05, 3.63) is 0 Å². The lowest BCUT2D eigenvalue weighted by Crippen LogP contribution is -2.43. The van der Waals surface area contributed by atoms with Gasteiger partial charge < -0.3 is 20.3 Å². The summed E-state index contributed by atoms with van der Waals surface area (Å²) in [5, 5.41) is 15.3. The Hall–Kier alpha value is -1.81. The number of likely N-dealkylation sites (tertiary alicyclic amines) is 1. The van der Waals surface area contributed by atoms with Gasteiger partial charge in [0.1, 0.15) is 12.1 Å². The van der Waals surface area contributed by atoms with Crippen LogP contribution in [0.15, 0.2) is 0 Å². The van der Waals surface area contributed by atoms with Crippen LogP contribution >= 0.6 is 0 Å². The molecule has 2 aliphatic carbocycles. The molecule has 2 N–H and O–H groups in total. The third-order valence-corrected chi connectivity index (χ3v) is 5.92. The number of carbonyl (C=O) groups excluding carboxylic acids is 2. The molecule has 144 valence electrons. The van der Waals surface area contributed by atoms with E-state index in [-0.39, 0.29) is 30.2 Å². The van der Waals surface area contributed by atoms with Crippen LogP contribution in [0.1, 0.15) is 52.4 Å². The first-order valence-corrected chi connectivity index (χ1v) is 9.86. The summed E-state index contributed by atoms with van der Waals surface area (Å²) < 4.78 is 5.52. The highest BCUT2D eigenvalue weighted by atomic mass is 16.6. The Balaban J connectivity index is 1.38. The molecule has 1 aliphatic heterocycles. The van der Waals surface area contributed by atoms with E-state index >= 15 is 0 Å². The van der Waals surface area contributed by atoms with Crippen molar-refractivity contribution >= 4 is 12.0 Å². The molecule has 3 aliphatic rings. The highest BCUT2D eigenvalue weighted by Crippen LogP contribution is 2.45. The van der Waals surface area contributed by atoms with Crippen molar-refractivity contribution in [2.24, 2.45) is 11.8 Å². The fourth-order valence-electron chi connectivity index (χ4n) is 4.78. The maximum absolute atomic E-state index is 12.3. The van der Waals surface area contributed by atoms with Crippen LogP contribution in [0.25, 0.3) is 0 Å². The van der Waals surface area contributed by atoms with E-state index in [4.69, 9.17) is 10.00 Å². The second kappa shape index (κ2) is 8.26. The van der Waals surface area contributed by atoms with Gasteiger partial charge in [0.25, 0.3) is 0 Å². The fourth-order valence-corrected chi connectivity index (χ4v) is 4.78. The predicted molar refractivity (Wildman–Crippen MR) is 96.1 cm³/mol. The molecule has 3 rings (SSSR count). The number of fused-ring (bicyclic) bond motifs is 1. The highest BCUT2D eigenvalue weighted by molar-refractivity contribution is 5.79. The van der Waals surface area contributed by atoms with E-state index in [9.17, 15) is 9.59 Å². The SMILES string of the molecule is CC(C)NC(=O)OC1C[C@H]2CC(NCC(=O)N3CCCC3C#N)C[C@H]2C1. The third kappa shape index (κ3) is 4.47. The number of hydrogen-bond acceptors (Lipinski definition) is 5. The van der Waals surface area contributed by atoms with Gasteiger partial charge >= 0.3 is 6.09 Å². The molecule has 7 heteroatoms. The molecular weight excluding hydrogens is 332 g/mol. The van der Waals surface area contributed by atoms with Crippen LogP contribution in [0.3, 0.4) is 0 Å². The van der Waals surface area contributed by atoms with Crippen LogP contribution in [0.4, 0.5) is 4.79 Å². The summed E-state index contributed by atoms with van der Waals surface area (Å²) in [6.45, 7) is 4.86. The zero-order chi connectivity index (χ0) is 18.7. The van der Waals surface area contributed by atoms with Crippen molar-refractivity contribution < 1.29 is 14.3 Å². The van der Waals surface area contributed by atoms with Gasteiger partial charge in [0, 0.05) is 18.6 Å². The topological polar surface area (TPSA) is 94.5 Å². The van der Waals surface area contributed by atoms with Gasteiger partial charge in [0.05, 0.1) is 12.6 Å². The average Bonchev–Trinajstić information content (AvgIpc) is 3.25. The smallest absolute Gasteiger partial charge is 0.407 e. The summed E-state index contributed by atoms with van der Waals surface area (Å²) in [5.41, 5.74) is 0. The Morgan fingerprint density at radius 1 is 1.23 bits per heavy atom. The van der Waals surface area contributed by atoms with Crippen molar-refractivity contribution in [1.29, 1.82) is 5.26 Å². The Morgan fingerprint density at radius 3 is 2.54 bits per heavy atom. The van der Waals surface area contributed by atoms with Crippen LogP contribution in [0, 0.1) is 23.2 Å². The van der Waals surface area contributed by atoms with E-state index in [1.54, 1.807) is 4.90 Å². The number of hydrogen-bond donors (Lipinski definition) is 2. The zero-order valence-electron chi connectivity index (χ0n) is 15.7. The number of nitrogens with zero attached hydrogens (tertiary/aromatic N) is 2. The molecule has 1 heterocycles. The average molecular weight is 362 g/mol. The number of ether oxygens (including phenoxy) is 1. The van der Waals surface area contributed by atoms with Gasteiger partial charge in [0.15, 0.2) is 0 Å². The van der Waals surface area contributed by atoms with Gasteiger partial charge in [-0.15, -0.1) is 0 Å². The van der Waals surface area contributed by atoms with E-state index in [2.05, 4.69) is 16.7 Å². The lowest BCUT2D eigenvalue weighted by atomic mass is 10.0. The lowest BCUT2D eigenvalue weighted by Gasteiger charge is -2.22. The number of amides is 2. The third-order valence-electron chi connectivity index (χ3n) is 5.92. The molecule has 5 atom stereocenters. The van der Waals surface area contributed by atoms with Gasteiger partial charge in [-0.1, -0.05) is 0 Å². The first-order chi connectivity index (χ1) is 12.5. The van der Waals surface area contributed by atoms with Crippen LogP contribution in [-0.4, -0.2) is 54.2 Å². The Morgan fingerprint density at radius 2 is 1.92 bits per heavy atom. The molecule has 3 fully saturated rings. The van der Waals surface area contributed by atoms with E-state index < -0.39 is 0 Å². The van der Waals surface area contributed by atoms with Crippen molar-refractivity contribution in [2.75, 3.05) is 13.1 Å². The summed E-state index contributed by atoms with van der Waals surface area (Å²) in [6, 6.07) is 2.41. The minimum atomic E-state index is -0.317. The van der Waals surface area contributed by atoms with Gasteiger partial charge in [-0.25, -0.2) is 4.79 Å². The predicted octanol–water partition coefficient (Wildman–Crippen LogP) is 1.78. The standard InChI is InChI=1S/C19H30N4O3/c1-12(2)22-19(25)26-17-8-13-6-15(7-14(13)9-17)21-11-18(24)23-5-3-4-16(23)10-20/h12-17,21H,3-9,11H2,1-2H3,(H,22,25)/t13-,14+,15?,16?,17?. The molecule has 0 radical (unpaired) electrons. The largest absolute Gasteiger partial charge is 0.446 e. The van der Waals surface area contributed by atoms with Crippen molar-refractivity contribution in [3.8, 4) is 6.07 Å². The summed E-state index contributed by atoms with van der Waals surface area (Å²) in [6.07, 6.45) is 5.33. The quantitative estimate of drug-likeness (QED) is 0.777. The number of alkyl carbamates (subject to hydrolysis) is 1. The van der Waals surface area contributed by atoms with Gasteiger partial charge in [0.2, 0.25) is 5.91 Å². The molecule has 3 unspecified atom stereocenters. The summed E-state index contributed by atoms with van der Waals surface area (Å²) in [7, 11) is 0. The first kappa shape index (κ1) is 19.0. The van der Waals surface area contributed by atoms with Crippen molar-refractivity contribution in [3.63, 3.8) is 0 Å². The molecule has 0 spiro atoms. The van der Waals surface area contributed by atoms with E-state index in [0.29, 0.717) is 31.0 Å². The minimum Gasteiger partial charge on any atom is -0.446 e. The molecule has 0 aromatic carbocycles. The van der Waals surface area contributed by atoms with E-state index in [1.165, 1.54) is 0 Å². The van der Waals surface area contributed by atoms with Gasteiger partial charge in [-0.2, -0.15) is 5.26 Å². The zero-order valence-corrected chi connectivity index (χ0v) is 15.7. The van der Waals surface area contributed by atoms with Crippen LogP contribution in [0.2, 0.25) is 0 Å². The first-order valence-electron chi connectivity index (χ1n) is 9.86. The molecule has 7 nitrogen and oxygen atoms in total. The minimum absolute atomic E-state index is 0.0207. The second-order valence-electron chi connectivity index (χ2n) is 8.24. The van der Waals surface area contributed by atoms with E-state index in [0.717, 1.165) is 38.5 Å². The van der Waals surface area contributed by atoms with Crippen molar-refractivity contribution in [1.82, 2.24) is 15.5 Å². The molecule has 1 saturated heterocycles. The van der Waals surface area contributed by atoms with Crippen LogP contribution in [-0.2, 0) is 9.53 Å². The molecule has 0 aromatic heterocycles. The number of nitrogens with one attached hydrogen (secondary N) is 2. The summed E-state index contributed by atoms with van der Waals surface area (Å²) >= 11 is 0. The molecule has 0 aromatic rings. The van der Waals surface area contributed by atoms with E-state index in [1.807, 2.05) is 13.8 Å². The number of rotatable bonds is 5. The highest BCUT2D eigenvalue weighted by Gasteiger charge is 2.43. The summed E-state index contributed by atoms with van der Waals surface area (Å²) in [5.74, 6) is 1.17. The monoisotopic (exact) mass is 362 g/mol. The van der Waals surface area contributed by atoms with Gasteiger partial charge in [-0.3, -0.25) is 4.79 Å². The molecule has 0 bridgehead atoms. The molecule has 2 amide bonds. The maximum Gasteiger partial charge on any atom is 0.407 e. The Bertz CT molecular complexity index is 560. The number of carbonyl (C=O) groups is 2. The molecule has 2 saturated carbocycles. The summed E-state index contributed by atoms with van der Waals surface area (Å²) in [4.78, 5) is 25.8. The molecular formula is C19H30N4O3. The van der Waals surface area contributed by atoms with Crippen LogP contribution < -0.4 is 10.6 Å². The second-order valence-corrected chi connectivity index (χ2v) is 8.24. The Labute approximate surface area is 155 Å².